The van der Waals surface area contributed by atoms with Crippen LogP contribution in [0.5, 0.6) is 0 Å². The number of aliphatic hydroxyl groups is 1. The minimum Gasteiger partial charge on any atom is -0.388 e. The van der Waals surface area contributed by atoms with E-state index in [4.69, 9.17) is 0 Å². The fraction of sp³-hybridized carbons (Fsp3) is 0.250. The highest BCUT2D eigenvalue weighted by Crippen LogP contribution is 2.23. The highest BCUT2D eigenvalue weighted by molar-refractivity contribution is 14.1. The molecule has 1 aromatic carbocycles. The largest absolute Gasteiger partial charge is 0.388 e. The summed E-state index contributed by atoms with van der Waals surface area (Å²) < 4.78 is 15.4. The van der Waals surface area contributed by atoms with E-state index in [1.165, 1.54) is 12.1 Å². The van der Waals surface area contributed by atoms with E-state index in [1.807, 2.05) is 35.8 Å². The summed E-state index contributed by atoms with van der Waals surface area (Å²) in [6.07, 6.45) is 3.43. The number of hydrogen-bond acceptors (Lipinski definition) is 2. The van der Waals surface area contributed by atoms with Gasteiger partial charge in [-0.1, -0.05) is 6.07 Å². The molecule has 5 heteroatoms. The van der Waals surface area contributed by atoms with Gasteiger partial charge in [-0.3, -0.25) is 4.68 Å². The first-order valence-electron chi connectivity index (χ1n) is 5.17. The average Bonchev–Trinajstić information content (AvgIpc) is 2.63. The maximum Gasteiger partial charge on any atom is 0.124 e. The first kappa shape index (κ1) is 12.5. The molecule has 3 nitrogen and oxygen atoms in total. The smallest absolute Gasteiger partial charge is 0.124 e. The van der Waals surface area contributed by atoms with Crippen LogP contribution in [0.4, 0.5) is 4.39 Å². The van der Waals surface area contributed by atoms with Crippen LogP contribution in [0.1, 0.15) is 17.2 Å². The fourth-order valence-corrected chi connectivity index (χ4v) is 2.52. The standard InChI is InChI=1S/C12H12FIN2O/c1-16-7-8(6-15-16)4-12(17)10-3-2-9(13)5-11(10)14/h2-3,5-7,12,17H,4H2,1H3. The maximum atomic E-state index is 12.9. The molecule has 1 N–H and O–H groups in total. The Morgan fingerprint density at radius 2 is 2.29 bits per heavy atom. The van der Waals surface area contributed by atoms with Gasteiger partial charge in [0.05, 0.1) is 12.3 Å². The van der Waals surface area contributed by atoms with Gasteiger partial charge in [-0.05, 0) is 45.9 Å². The van der Waals surface area contributed by atoms with Crippen LogP contribution >= 0.6 is 22.6 Å². The third-order valence-electron chi connectivity index (χ3n) is 2.51. The van der Waals surface area contributed by atoms with Gasteiger partial charge in [0.15, 0.2) is 0 Å². The predicted molar refractivity (Wildman–Crippen MR) is 71.0 cm³/mol. The Kier molecular flexibility index (Phi) is 3.78. The number of aryl methyl sites for hydroxylation is 1. The number of aromatic nitrogens is 2. The van der Waals surface area contributed by atoms with Crippen LogP contribution < -0.4 is 0 Å². The van der Waals surface area contributed by atoms with Crippen LogP contribution in [-0.4, -0.2) is 14.9 Å². The van der Waals surface area contributed by atoms with E-state index in [1.54, 1.807) is 16.9 Å². The van der Waals surface area contributed by atoms with Gasteiger partial charge in [0.1, 0.15) is 5.82 Å². The Hall–Kier alpha value is -0.950. The predicted octanol–water partition coefficient (Wildman–Crippen LogP) is 2.44. The molecule has 1 heterocycles. The van der Waals surface area contributed by atoms with E-state index in [0.717, 1.165) is 14.7 Å². The second-order valence-electron chi connectivity index (χ2n) is 3.91. The van der Waals surface area contributed by atoms with Crippen molar-refractivity contribution in [2.24, 2.45) is 7.05 Å². The number of halogens is 2. The molecule has 0 radical (unpaired) electrons. The van der Waals surface area contributed by atoms with E-state index in [0.29, 0.717) is 6.42 Å². The van der Waals surface area contributed by atoms with E-state index in [9.17, 15) is 9.50 Å². The van der Waals surface area contributed by atoms with Crippen molar-refractivity contribution in [1.29, 1.82) is 0 Å². The molecule has 0 aliphatic rings. The Morgan fingerprint density at radius 1 is 1.53 bits per heavy atom. The van der Waals surface area contributed by atoms with Gasteiger partial charge in [0.25, 0.3) is 0 Å². The first-order valence-corrected chi connectivity index (χ1v) is 6.24. The van der Waals surface area contributed by atoms with Crippen molar-refractivity contribution >= 4 is 22.6 Å². The summed E-state index contributed by atoms with van der Waals surface area (Å²) >= 11 is 2.03. The fourth-order valence-electron chi connectivity index (χ4n) is 1.68. The number of nitrogens with zero attached hydrogens (tertiary/aromatic N) is 2. The molecule has 2 aromatic rings. The summed E-state index contributed by atoms with van der Waals surface area (Å²) in [7, 11) is 1.83. The van der Waals surface area contributed by atoms with Crippen LogP contribution in [0.3, 0.4) is 0 Å². The molecule has 0 saturated heterocycles. The maximum absolute atomic E-state index is 12.9. The molecule has 0 aliphatic heterocycles. The third kappa shape index (κ3) is 3.04. The lowest BCUT2D eigenvalue weighted by Crippen LogP contribution is -2.03. The molecule has 1 aromatic heterocycles. The van der Waals surface area contributed by atoms with Gasteiger partial charge >= 0.3 is 0 Å². The molecule has 0 bridgehead atoms. The quantitative estimate of drug-likeness (QED) is 0.867. The second-order valence-corrected chi connectivity index (χ2v) is 5.07. The molecule has 0 amide bonds. The Morgan fingerprint density at radius 3 is 2.88 bits per heavy atom. The number of hydrogen-bond donors (Lipinski definition) is 1. The Balaban J connectivity index is 2.17. The molecule has 2 rings (SSSR count). The van der Waals surface area contributed by atoms with Gasteiger partial charge in [-0.15, -0.1) is 0 Å². The first-order chi connectivity index (χ1) is 8.06. The van der Waals surface area contributed by atoms with E-state index in [2.05, 4.69) is 5.10 Å². The number of aliphatic hydroxyl groups excluding tert-OH is 1. The number of rotatable bonds is 3. The van der Waals surface area contributed by atoms with Crippen molar-refractivity contribution in [2.75, 3.05) is 0 Å². The summed E-state index contributed by atoms with van der Waals surface area (Å²) in [5.41, 5.74) is 1.70. The topological polar surface area (TPSA) is 38.0 Å². The Labute approximate surface area is 112 Å². The van der Waals surface area contributed by atoms with Crippen molar-refractivity contribution in [1.82, 2.24) is 9.78 Å². The van der Waals surface area contributed by atoms with Gasteiger partial charge in [0, 0.05) is 23.2 Å². The Bertz CT molecular complexity index is 527. The minimum absolute atomic E-state index is 0.285. The summed E-state index contributed by atoms with van der Waals surface area (Å²) in [4.78, 5) is 0. The van der Waals surface area contributed by atoms with Crippen molar-refractivity contribution in [2.45, 2.75) is 12.5 Å². The van der Waals surface area contributed by atoms with Crippen molar-refractivity contribution in [3.63, 3.8) is 0 Å². The van der Waals surface area contributed by atoms with Gasteiger partial charge < -0.3 is 5.11 Å². The molecule has 17 heavy (non-hydrogen) atoms. The van der Waals surface area contributed by atoms with Gasteiger partial charge in [-0.25, -0.2) is 4.39 Å². The molecule has 90 valence electrons. The summed E-state index contributed by atoms with van der Waals surface area (Å²) in [5.74, 6) is -0.285. The molecular weight excluding hydrogens is 334 g/mol. The van der Waals surface area contributed by atoms with E-state index >= 15 is 0 Å². The molecular formula is C12H12FIN2O. The monoisotopic (exact) mass is 346 g/mol. The molecule has 1 unspecified atom stereocenters. The van der Waals surface area contributed by atoms with Crippen LogP contribution in [-0.2, 0) is 13.5 Å². The molecule has 1 atom stereocenters. The van der Waals surface area contributed by atoms with Crippen molar-refractivity contribution in [3.8, 4) is 0 Å². The molecule has 0 saturated carbocycles. The third-order valence-corrected chi connectivity index (χ3v) is 3.44. The van der Waals surface area contributed by atoms with Gasteiger partial charge in [-0.2, -0.15) is 5.10 Å². The highest BCUT2D eigenvalue weighted by atomic mass is 127. The van der Waals surface area contributed by atoms with Crippen LogP contribution in [0.25, 0.3) is 0 Å². The molecule has 0 spiro atoms. The van der Waals surface area contributed by atoms with Crippen LogP contribution in [0, 0.1) is 9.39 Å². The van der Waals surface area contributed by atoms with Crippen molar-refractivity contribution in [3.05, 3.63) is 51.1 Å². The summed E-state index contributed by atoms with van der Waals surface area (Å²) in [6.45, 7) is 0. The SMILES string of the molecule is Cn1cc(CC(O)c2ccc(F)cc2I)cn1. The van der Waals surface area contributed by atoms with Gasteiger partial charge in [0.2, 0.25) is 0 Å². The van der Waals surface area contributed by atoms with Crippen LogP contribution in [0.2, 0.25) is 0 Å². The lowest BCUT2D eigenvalue weighted by molar-refractivity contribution is 0.177. The highest BCUT2D eigenvalue weighted by Gasteiger charge is 2.13. The summed E-state index contributed by atoms with van der Waals surface area (Å²) in [6, 6.07) is 4.41. The normalized spacial score (nSPS) is 12.7. The lowest BCUT2D eigenvalue weighted by Gasteiger charge is -2.11. The zero-order valence-corrected chi connectivity index (χ0v) is 11.4. The summed E-state index contributed by atoms with van der Waals surface area (Å²) in [5, 5.41) is 14.1. The van der Waals surface area contributed by atoms with Crippen LogP contribution in [0.15, 0.2) is 30.6 Å². The lowest BCUT2D eigenvalue weighted by atomic mass is 10.0. The zero-order valence-electron chi connectivity index (χ0n) is 9.27. The van der Waals surface area contributed by atoms with E-state index < -0.39 is 6.10 Å². The zero-order chi connectivity index (χ0) is 12.4. The average molecular weight is 346 g/mol. The molecule has 0 aliphatic carbocycles. The number of benzene rings is 1. The minimum atomic E-state index is -0.633. The van der Waals surface area contributed by atoms with E-state index in [-0.39, 0.29) is 5.82 Å². The molecule has 0 fully saturated rings. The van der Waals surface area contributed by atoms with Crippen molar-refractivity contribution < 1.29 is 9.50 Å². The second kappa shape index (κ2) is 5.14.